The molecule has 0 spiro atoms. The lowest BCUT2D eigenvalue weighted by Gasteiger charge is -2.08. The number of aryl methyl sites for hydroxylation is 1. The van der Waals surface area contributed by atoms with E-state index in [2.05, 4.69) is 21.9 Å². The van der Waals surface area contributed by atoms with Gasteiger partial charge in [0.15, 0.2) is 0 Å². The van der Waals surface area contributed by atoms with E-state index in [0.29, 0.717) is 18.4 Å². The Bertz CT molecular complexity index is 339. The monoisotopic (exact) mass is 221 g/mol. The van der Waals surface area contributed by atoms with Gasteiger partial charge in [0.05, 0.1) is 6.61 Å². The first-order valence-electron chi connectivity index (χ1n) is 5.59. The van der Waals surface area contributed by atoms with Crippen molar-refractivity contribution in [1.82, 2.24) is 9.97 Å². The maximum atomic E-state index is 5.59. The third-order valence-corrected chi connectivity index (χ3v) is 2.05. The van der Waals surface area contributed by atoms with Crippen molar-refractivity contribution in [1.29, 1.82) is 0 Å². The van der Waals surface area contributed by atoms with Crippen LogP contribution in [0, 0.1) is 6.92 Å². The van der Waals surface area contributed by atoms with Crippen molar-refractivity contribution in [2.75, 3.05) is 18.5 Å². The first kappa shape index (κ1) is 12.5. The number of rotatable bonds is 7. The van der Waals surface area contributed by atoms with E-state index in [1.165, 1.54) is 0 Å². The number of anilines is 1. The smallest absolute Gasteiger partial charge is 0.225 e. The molecule has 0 bridgehead atoms. The molecule has 1 aromatic heterocycles. The molecule has 4 heteroatoms. The highest BCUT2D eigenvalue weighted by Gasteiger charge is 2.03. The van der Waals surface area contributed by atoms with Crippen molar-refractivity contribution >= 4 is 5.95 Å². The van der Waals surface area contributed by atoms with Crippen LogP contribution in [0.4, 0.5) is 5.95 Å². The Labute approximate surface area is 96.8 Å². The van der Waals surface area contributed by atoms with E-state index >= 15 is 0 Å². The van der Waals surface area contributed by atoms with Crippen LogP contribution in [0.15, 0.2) is 18.9 Å². The second kappa shape index (κ2) is 6.82. The zero-order chi connectivity index (χ0) is 11.8. The number of hydrogen-bond donors (Lipinski definition) is 1. The summed E-state index contributed by atoms with van der Waals surface area (Å²) in [7, 11) is 0. The highest BCUT2D eigenvalue weighted by Crippen LogP contribution is 2.15. The minimum absolute atomic E-state index is 0.617. The number of aromatic nitrogens is 2. The van der Waals surface area contributed by atoms with Crippen LogP contribution < -0.4 is 10.1 Å². The van der Waals surface area contributed by atoms with Crippen molar-refractivity contribution in [3.8, 4) is 5.88 Å². The van der Waals surface area contributed by atoms with Crippen LogP contribution in [-0.2, 0) is 0 Å². The largest absolute Gasteiger partial charge is 0.477 e. The van der Waals surface area contributed by atoms with Crippen LogP contribution in [0.25, 0.3) is 0 Å². The highest BCUT2D eigenvalue weighted by molar-refractivity contribution is 5.32. The molecular formula is C12H19N3O. The van der Waals surface area contributed by atoms with Gasteiger partial charge in [-0.05, 0) is 26.7 Å². The molecule has 4 nitrogen and oxygen atoms in total. The summed E-state index contributed by atoms with van der Waals surface area (Å²) < 4.78 is 5.59. The van der Waals surface area contributed by atoms with E-state index in [0.717, 1.165) is 24.9 Å². The molecular weight excluding hydrogens is 202 g/mol. The number of allylic oxidation sites excluding steroid dienone is 1. The van der Waals surface area contributed by atoms with Gasteiger partial charge in [0.1, 0.15) is 0 Å². The summed E-state index contributed by atoms with van der Waals surface area (Å²) in [6.07, 6.45) is 5.59. The zero-order valence-electron chi connectivity index (χ0n) is 9.99. The molecule has 16 heavy (non-hydrogen) atoms. The molecule has 88 valence electrons. The molecule has 0 aromatic carbocycles. The highest BCUT2D eigenvalue weighted by atomic mass is 16.5. The fraction of sp³-hybridized carbons (Fsp3) is 0.500. The Morgan fingerprint density at radius 1 is 1.56 bits per heavy atom. The molecule has 0 saturated heterocycles. The number of hydrogen-bond acceptors (Lipinski definition) is 4. The van der Waals surface area contributed by atoms with Gasteiger partial charge in [-0.15, -0.1) is 6.58 Å². The second-order valence-electron chi connectivity index (χ2n) is 3.49. The fourth-order valence-electron chi connectivity index (χ4n) is 1.21. The summed E-state index contributed by atoms with van der Waals surface area (Å²) >= 11 is 0. The Hall–Kier alpha value is -1.58. The van der Waals surface area contributed by atoms with E-state index in [9.17, 15) is 0 Å². The van der Waals surface area contributed by atoms with E-state index in [4.69, 9.17) is 4.74 Å². The predicted molar refractivity (Wildman–Crippen MR) is 65.9 cm³/mol. The molecule has 1 rings (SSSR count). The van der Waals surface area contributed by atoms with Crippen molar-refractivity contribution in [3.05, 3.63) is 24.4 Å². The molecule has 0 radical (unpaired) electrons. The molecule has 0 saturated carbocycles. The van der Waals surface area contributed by atoms with Crippen molar-refractivity contribution in [3.63, 3.8) is 0 Å². The van der Waals surface area contributed by atoms with Gasteiger partial charge in [-0.1, -0.05) is 6.08 Å². The molecule has 0 aliphatic carbocycles. The summed E-state index contributed by atoms with van der Waals surface area (Å²) in [6.45, 7) is 9.09. The Morgan fingerprint density at radius 2 is 2.38 bits per heavy atom. The van der Waals surface area contributed by atoms with Crippen LogP contribution in [0.3, 0.4) is 0 Å². The lowest BCUT2D eigenvalue weighted by Crippen LogP contribution is -2.06. The third kappa shape index (κ3) is 3.88. The summed E-state index contributed by atoms with van der Waals surface area (Å²) in [5.41, 5.74) is 0.959. The maximum absolute atomic E-state index is 5.59. The van der Waals surface area contributed by atoms with Crippen molar-refractivity contribution < 1.29 is 4.74 Å². The van der Waals surface area contributed by atoms with Crippen molar-refractivity contribution in [2.24, 2.45) is 0 Å². The van der Waals surface area contributed by atoms with Gasteiger partial charge < -0.3 is 10.1 Å². The number of nitrogens with one attached hydrogen (secondary N) is 1. The quantitative estimate of drug-likeness (QED) is 0.568. The van der Waals surface area contributed by atoms with Crippen LogP contribution in [0.5, 0.6) is 5.88 Å². The maximum Gasteiger partial charge on any atom is 0.225 e. The molecule has 0 aliphatic heterocycles. The Morgan fingerprint density at radius 3 is 3.06 bits per heavy atom. The van der Waals surface area contributed by atoms with E-state index < -0.39 is 0 Å². The molecule has 0 atom stereocenters. The number of ether oxygens (including phenoxy) is 1. The van der Waals surface area contributed by atoms with Gasteiger partial charge >= 0.3 is 0 Å². The molecule has 0 fully saturated rings. The molecule has 0 aliphatic rings. The lowest BCUT2D eigenvalue weighted by atomic mass is 10.3. The molecule has 1 aromatic rings. The Kier molecular flexibility index (Phi) is 5.32. The first-order chi connectivity index (χ1) is 7.77. The van der Waals surface area contributed by atoms with E-state index in [1.807, 2.05) is 19.9 Å². The van der Waals surface area contributed by atoms with Gasteiger partial charge in [0.2, 0.25) is 11.8 Å². The molecule has 0 unspecified atom stereocenters. The zero-order valence-corrected chi connectivity index (χ0v) is 9.99. The molecule has 0 amide bonds. The number of nitrogens with zero attached hydrogens (tertiary/aromatic N) is 2. The normalized spacial score (nSPS) is 9.88. The standard InChI is InChI=1S/C12H19N3O/c1-4-6-7-8-16-11-10(3)9-14-12(15-11)13-5-2/h4,9H,1,5-8H2,2-3H3,(H,13,14,15). The van der Waals surface area contributed by atoms with E-state index in [-0.39, 0.29) is 0 Å². The third-order valence-electron chi connectivity index (χ3n) is 2.05. The summed E-state index contributed by atoms with van der Waals surface area (Å²) in [5.74, 6) is 1.28. The van der Waals surface area contributed by atoms with Gasteiger partial charge in [-0.3, -0.25) is 0 Å². The SMILES string of the molecule is C=CCCCOc1nc(NCC)ncc1C. The summed E-state index contributed by atoms with van der Waals surface area (Å²) in [4.78, 5) is 8.44. The summed E-state index contributed by atoms with van der Waals surface area (Å²) in [6, 6.07) is 0. The lowest BCUT2D eigenvalue weighted by molar-refractivity contribution is 0.298. The van der Waals surface area contributed by atoms with Crippen molar-refractivity contribution in [2.45, 2.75) is 26.7 Å². The number of unbranched alkanes of at least 4 members (excludes halogenated alkanes) is 1. The van der Waals surface area contributed by atoms with E-state index in [1.54, 1.807) is 6.20 Å². The average molecular weight is 221 g/mol. The summed E-state index contributed by atoms with van der Waals surface area (Å²) in [5, 5.41) is 3.06. The second-order valence-corrected chi connectivity index (χ2v) is 3.49. The average Bonchev–Trinajstić information content (AvgIpc) is 2.29. The minimum atomic E-state index is 0.617. The molecule has 1 N–H and O–H groups in total. The van der Waals surface area contributed by atoms with Crippen LogP contribution in [0.2, 0.25) is 0 Å². The van der Waals surface area contributed by atoms with Gasteiger partial charge in [-0.25, -0.2) is 4.98 Å². The first-order valence-corrected chi connectivity index (χ1v) is 5.59. The molecule has 1 heterocycles. The van der Waals surface area contributed by atoms with Crippen LogP contribution in [0.1, 0.15) is 25.3 Å². The van der Waals surface area contributed by atoms with Gasteiger partial charge in [0, 0.05) is 18.3 Å². The Balaban J connectivity index is 2.55. The van der Waals surface area contributed by atoms with Crippen LogP contribution >= 0.6 is 0 Å². The van der Waals surface area contributed by atoms with Crippen LogP contribution in [-0.4, -0.2) is 23.1 Å². The van der Waals surface area contributed by atoms with Gasteiger partial charge in [-0.2, -0.15) is 4.98 Å². The van der Waals surface area contributed by atoms with Gasteiger partial charge in [0.25, 0.3) is 0 Å². The fourth-order valence-corrected chi connectivity index (χ4v) is 1.21. The topological polar surface area (TPSA) is 47.0 Å². The minimum Gasteiger partial charge on any atom is -0.477 e. The predicted octanol–water partition coefficient (Wildman–Crippen LogP) is 2.56.